The van der Waals surface area contributed by atoms with Crippen LogP contribution in [0.3, 0.4) is 0 Å². The second kappa shape index (κ2) is 6.95. The zero-order valence-corrected chi connectivity index (χ0v) is 6.67. The molecule has 64 valence electrons. The molecule has 0 aromatic heterocycles. The van der Waals surface area contributed by atoms with E-state index in [0.29, 0.717) is 13.1 Å². The standard InChI is InChI=1S/C6H15NO2.H3N/c1-5(8)3-7-4-6(2)9;/h5-9H,3-4H2,1-2H3;1H3. The largest absolute Gasteiger partial charge is 0.392 e. The average Bonchev–Trinajstić information content (AvgIpc) is 1.63. The first-order valence-corrected chi connectivity index (χ1v) is 3.19. The predicted molar refractivity (Wildman–Crippen MR) is 41.3 cm³/mol. The molecule has 6 N–H and O–H groups in total. The molecular formula is C6H18N2O2. The molecule has 0 heterocycles. The molecule has 0 rings (SSSR count). The van der Waals surface area contributed by atoms with Crippen LogP contribution in [0.4, 0.5) is 0 Å². The minimum absolute atomic E-state index is 0. The molecule has 0 saturated heterocycles. The van der Waals surface area contributed by atoms with Crippen molar-refractivity contribution in [3.8, 4) is 0 Å². The Bertz CT molecular complexity index is 58.8. The molecule has 0 amide bonds. The Morgan fingerprint density at radius 1 is 1.10 bits per heavy atom. The van der Waals surface area contributed by atoms with Gasteiger partial charge in [-0.1, -0.05) is 0 Å². The van der Waals surface area contributed by atoms with Gasteiger partial charge in [0.25, 0.3) is 0 Å². The van der Waals surface area contributed by atoms with Crippen LogP contribution in [-0.2, 0) is 0 Å². The fourth-order valence-corrected chi connectivity index (χ4v) is 0.501. The van der Waals surface area contributed by atoms with Gasteiger partial charge in [0.15, 0.2) is 0 Å². The summed E-state index contributed by atoms with van der Waals surface area (Å²) < 4.78 is 0. The molecule has 0 bridgehead atoms. The normalized spacial score (nSPS) is 15.6. The maximum absolute atomic E-state index is 8.72. The van der Waals surface area contributed by atoms with E-state index in [1.54, 1.807) is 13.8 Å². The van der Waals surface area contributed by atoms with Crippen molar-refractivity contribution < 1.29 is 10.2 Å². The van der Waals surface area contributed by atoms with E-state index in [-0.39, 0.29) is 18.4 Å². The topological polar surface area (TPSA) is 87.5 Å². The number of aliphatic hydroxyl groups excluding tert-OH is 2. The summed E-state index contributed by atoms with van der Waals surface area (Å²) in [6.45, 7) is 4.50. The first-order valence-electron chi connectivity index (χ1n) is 3.19. The number of hydrogen-bond donors (Lipinski definition) is 4. The third-order valence-electron chi connectivity index (χ3n) is 0.879. The minimum Gasteiger partial charge on any atom is -0.392 e. The number of rotatable bonds is 4. The Hall–Kier alpha value is -0.160. The third kappa shape index (κ3) is 10.8. The van der Waals surface area contributed by atoms with Crippen LogP contribution in [0.1, 0.15) is 13.8 Å². The van der Waals surface area contributed by atoms with Gasteiger partial charge in [-0.05, 0) is 13.8 Å². The highest BCUT2D eigenvalue weighted by molar-refractivity contribution is 4.55. The fraction of sp³-hybridized carbons (Fsp3) is 1.00. The molecule has 10 heavy (non-hydrogen) atoms. The van der Waals surface area contributed by atoms with Crippen molar-refractivity contribution in [2.45, 2.75) is 26.1 Å². The third-order valence-corrected chi connectivity index (χ3v) is 0.879. The van der Waals surface area contributed by atoms with Crippen LogP contribution in [0.5, 0.6) is 0 Å². The summed E-state index contributed by atoms with van der Waals surface area (Å²) in [6, 6.07) is 0. The monoisotopic (exact) mass is 150 g/mol. The van der Waals surface area contributed by atoms with Crippen molar-refractivity contribution in [3.63, 3.8) is 0 Å². The van der Waals surface area contributed by atoms with Gasteiger partial charge in [0.2, 0.25) is 0 Å². The Kier molecular flexibility index (Phi) is 8.70. The van der Waals surface area contributed by atoms with Gasteiger partial charge in [-0.2, -0.15) is 0 Å². The number of nitrogens with one attached hydrogen (secondary N) is 1. The van der Waals surface area contributed by atoms with Crippen LogP contribution in [0.2, 0.25) is 0 Å². The van der Waals surface area contributed by atoms with E-state index in [1.807, 2.05) is 0 Å². The van der Waals surface area contributed by atoms with E-state index in [9.17, 15) is 0 Å². The van der Waals surface area contributed by atoms with E-state index in [1.165, 1.54) is 0 Å². The van der Waals surface area contributed by atoms with Crippen molar-refractivity contribution in [3.05, 3.63) is 0 Å². The lowest BCUT2D eigenvalue weighted by Gasteiger charge is -2.07. The summed E-state index contributed by atoms with van der Waals surface area (Å²) in [4.78, 5) is 0. The zero-order valence-electron chi connectivity index (χ0n) is 6.67. The smallest absolute Gasteiger partial charge is 0.0636 e. The van der Waals surface area contributed by atoms with Gasteiger partial charge in [-0.3, -0.25) is 0 Å². The first kappa shape index (κ1) is 12.5. The van der Waals surface area contributed by atoms with Gasteiger partial charge in [0, 0.05) is 13.1 Å². The highest BCUT2D eigenvalue weighted by Gasteiger charge is 1.96. The first-order chi connectivity index (χ1) is 4.13. The Labute approximate surface area is 61.8 Å². The van der Waals surface area contributed by atoms with Gasteiger partial charge >= 0.3 is 0 Å². The van der Waals surface area contributed by atoms with Crippen molar-refractivity contribution in [2.24, 2.45) is 0 Å². The molecule has 0 radical (unpaired) electrons. The zero-order chi connectivity index (χ0) is 7.28. The van der Waals surface area contributed by atoms with Crippen molar-refractivity contribution in [1.82, 2.24) is 11.5 Å². The molecule has 2 unspecified atom stereocenters. The lowest BCUT2D eigenvalue weighted by Crippen LogP contribution is -2.30. The van der Waals surface area contributed by atoms with Crippen LogP contribution in [0.25, 0.3) is 0 Å². The summed E-state index contributed by atoms with van der Waals surface area (Å²) in [5.74, 6) is 0. The Morgan fingerprint density at radius 2 is 1.40 bits per heavy atom. The molecule has 2 atom stereocenters. The highest BCUT2D eigenvalue weighted by atomic mass is 16.3. The number of hydrogen-bond acceptors (Lipinski definition) is 4. The van der Waals surface area contributed by atoms with Gasteiger partial charge < -0.3 is 21.7 Å². The molecular weight excluding hydrogens is 132 g/mol. The molecule has 0 aliphatic heterocycles. The minimum atomic E-state index is -0.330. The van der Waals surface area contributed by atoms with E-state index >= 15 is 0 Å². The van der Waals surface area contributed by atoms with Crippen molar-refractivity contribution >= 4 is 0 Å². The number of aliphatic hydroxyl groups is 2. The summed E-state index contributed by atoms with van der Waals surface area (Å²) >= 11 is 0. The molecule has 0 aliphatic rings. The van der Waals surface area contributed by atoms with E-state index < -0.39 is 0 Å². The van der Waals surface area contributed by atoms with Crippen LogP contribution in [-0.4, -0.2) is 35.5 Å². The molecule has 0 saturated carbocycles. The molecule has 0 aromatic rings. The van der Waals surface area contributed by atoms with E-state index in [2.05, 4.69) is 5.32 Å². The van der Waals surface area contributed by atoms with Crippen molar-refractivity contribution in [1.29, 1.82) is 0 Å². The van der Waals surface area contributed by atoms with Gasteiger partial charge in [-0.15, -0.1) is 0 Å². The summed E-state index contributed by atoms with van der Waals surface area (Å²) in [5.41, 5.74) is 0. The van der Waals surface area contributed by atoms with Gasteiger partial charge in [0.05, 0.1) is 12.2 Å². The average molecular weight is 150 g/mol. The van der Waals surface area contributed by atoms with E-state index in [4.69, 9.17) is 10.2 Å². The van der Waals surface area contributed by atoms with Crippen LogP contribution < -0.4 is 11.5 Å². The summed E-state index contributed by atoms with van der Waals surface area (Å²) in [7, 11) is 0. The van der Waals surface area contributed by atoms with Crippen LogP contribution >= 0.6 is 0 Å². The fourth-order valence-electron chi connectivity index (χ4n) is 0.501. The Morgan fingerprint density at radius 3 is 1.60 bits per heavy atom. The van der Waals surface area contributed by atoms with Gasteiger partial charge in [0.1, 0.15) is 0 Å². The second-order valence-corrected chi connectivity index (χ2v) is 2.36. The maximum Gasteiger partial charge on any atom is 0.0636 e. The lowest BCUT2D eigenvalue weighted by atomic mass is 10.3. The van der Waals surface area contributed by atoms with Gasteiger partial charge in [-0.25, -0.2) is 0 Å². The molecule has 0 aromatic carbocycles. The lowest BCUT2D eigenvalue weighted by molar-refractivity contribution is 0.164. The quantitative estimate of drug-likeness (QED) is 0.435. The Balaban J connectivity index is 0. The highest BCUT2D eigenvalue weighted by Crippen LogP contribution is 1.77. The maximum atomic E-state index is 8.72. The molecule has 0 aliphatic carbocycles. The molecule has 4 nitrogen and oxygen atoms in total. The second-order valence-electron chi connectivity index (χ2n) is 2.36. The van der Waals surface area contributed by atoms with Crippen molar-refractivity contribution in [2.75, 3.05) is 13.1 Å². The van der Waals surface area contributed by atoms with E-state index in [0.717, 1.165) is 0 Å². The predicted octanol–water partition coefficient (Wildman–Crippen LogP) is -0.500. The molecule has 0 spiro atoms. The van der Waals surface area contributed by atoms with Crippen LogP contribution in [0.15, 0.2) is 0 Å². The summed E-state index contributed by atoms with van der Waals surface area (Å²) in [6.07, 6.45) is -0.660. The summed E-state index contributed by atoms with van der Waals surface area (Å²) in [5, 5.41) is 20.3. The molecule has 4 heteroatoms. The van der Waals surface area contributed by atoms with Crippen LogP contribution in [0, 0.1) is 0 Å². The molecule has 0 fully saturated rings. The SMILES string of the molecule is CC(O)CNCC(C)O.N.